The maximum atomic E-state index is 5.32. The SMILES string of the molecule is CC(C)c1cc(-c2nc(C(C)C)c(C(C)C)s2)c2[nH]c(=S)[nH]c2c1. The molecule has 0 radical (unpaired) electrons. The summed E-state index contributed by atoms with van der Waals surface area (Å²) in [7, 11) is 0. The van der Waals surface area contributed by atoms with Crippen molar-refractivity contribution in [2.24, 2.45) is 0 Å². The molecule has 0 atom stereocenters. The average Bonchev–Trinajstić information content (AvgIpc) is 3.08. The minimum absolute atomic E-state index is 0.431. The first kappa shape index (κ1) is 17.4. The number of H-pyrrole nitrogens is 2. The van der Waals surface area contributed by atoms with Gasteiger partial charge >= 0.3 is 0 Å². The van der Waals surface area contributed by atoms with Crippen molar-refractivity contribution in [1.29, 1.82) is 0 Å². The predicted molar refractivity (Wildman–Crippen MR) is 107 cm³/mol. The second-order valence-corrected chi connectivity index (χ2v) is 8.74. The Bertz CT molecular complexity index is 900. The molecule has 3 aromatic rings. The molecule has 0 aliphatic heterocycles. The van der Waals surface area contributed by atoms with Crippen molar-refractivity contribution in [2.75, 3.05) is 0 Å². The van der Waals surface area contributed by atoms with Crippen molar-refractivity contribution in [3.8, 4) is 10.6 Å². The second kappa shape index (κ2) is 6.45. The molecule has 0 aliphatic rings. The zero-order valence-corrected chi connectivity index (χ0v) is 16.8. The molecule has 2 aromatic heterocycles. The topological polar surface area (TPSA) is 44.5 Å². The third-order valence-corrected chi connectivity index (χ3v) is 5.91. The molecule has 0 spiro atoms. The number of hydrogen-bond acceptors (Lipinski definition) is 3. The molecule has 0 saturated heterocycles. The summed E-state index contributed by atoms with van der Waals surface area (Å²) in [6, 6.07) is 4.45. The summed E-state index contributed by atoms with van der Waals surface area (Å²) in [4.78, 5) is 13.0. The highest BCUT2D eigenvalue weighted by Crippen LogP contribution is 2.39. The van der Waals surface area contributed by atoms with Crippen LogP contribution in [-0.2, 0) is 0 Å². The summed E-state index contributed by atoms with van der Waals surface area (Å²) in [5.74, 6) is 1.38. The van der Waals surface area contributed by atoms with Crippen molar-refractivity contribution in [3.63, 3.8) is 0 Å². The van der Waals surface area contributed by atoms with E-state index in [1.54, 1.807) is 0 Å². The van der Waals surface area contributed by atoms with E-state index in [1.807, 2.05) is 11.3 Å². The molecule has 2 heterocycles. The number of thiazole rings is 1. The van der Waals surface area contributed by atoms with Gasteiger partial charge in [-0.3, -0.25) is 0 Å². The number of hydrogen-bond donors (Lipinski definition) is 2. The lowest BCUT2D eigenvalue weighted by Crippen LogP contribution is -1.95. The smallest absolute Gasteiger partial charge is 0.175 e. The van der Waals surface area contributed by atoms with Crippen LogP contribution in [-0.4, -0.2) is 15.0 Å². The van der Waals surface area contributed by atoms with E-state index in [1.165, 1.54) is 16.1 Å². The fourth-order valence-corrected chi connectivity index (χ4v) is 4.41. The summed E-state index contributed by atoms with van der Waals surface area (Å²) in [5, 5.41) is 1.08. The van der Waals surface area contributed by atoms with E-state index in [0.29, 0.717) is 22.5 Å². The van der Waals surface area contributed by atoms with E-state index < -0.39 is 0 Å². The van der Waals surface area contributed by atoms with Crippen molar-refractivity contribution < 1.29 is 0 Å². The highest BCUT2D eigenvalue weighted by Gasteiger charge is 2.20. The lowest BCUT2D eigenvalue weighted by molar-refractivity contribution is 0.781. The maximum Gasteiger partial charge on any atom is 0.175 e. The molecule has 1 aromatic carbocycles. The van der Waals surface area contributed by atoms with Crippen LogP contribution in [0.3, 0.4) is 0 Å². The van der Waals surface area contributed by atoms with Crippen molar-refractivity contribution in [2.45, 2.75) is 59.3 Å². The molecular formula is C19H25N3S2. The summed E-state index contributed by atoms with van der Waals surface area (Å²) >= 11 is 7.13. The Balaban J connectivity index is 2.29. The molecule has 0 amide bonds. The molecule has 0 fully saturated rings. The van der Waals surface area contributed by atoms with Crippen LogP contribution in [0.25, 0.3) is 21.6 Å². The zero-order valence-electron chi connectivity index (χ0n) is 15.2. The molecule has 128 valence electrons. The normalized spacial score (nSPS) is 12.2. The highest BCUT2D eigenvalue weighted by atomic mass is 32.1. The van der Waals surface area contributed by atoms with Crippen LogP contribution in [0.5, 0.6) is 0 Å². The summed E-state index contributed by atoms with van der Waals surface area (Å²) in [5.41, 5.74) is 5.80. The molecule has 2 N–H and O–H groups in total. The van der Waals surface area contributed by atoms with Crippen molar-refractivity contribution in [3.05, 3.63) is 33.0 Å². The number of aromatic amines is 2. The Labute approximate surface area is 152 Å². The third kappa shape index (κ3) is 3.07. The van der Waals surface area contributed by atoms with Crippen LogP contribution >= 0.6 is 23.6 Å². The first-order valence-corrected chi connectivity index (χ1v) is 9.77. The van der Waals surface area contributed by atoms with Gasteiger partial charge in [0.25, 0.3) is 0 Å². The van der Waals surface area contributed by atoms with Gasteiger partial charge in [-0.15, -0.1) is 11.3 Å². The van der Waals surface area contributed by atoms with Gasteiger partial charge in [0.2, 0.25) is 0 Å². The lowest BCUT2D eigenvalue weighted by atomic mass is 9.99. The van der Waals surface area contributed by atoms with E-state index >= 15 is 0 Å². The van der Waals surface area contributed by atoms with Crippen LogP contribution < -0.4 is 0 Å². The Kier molecular flexibility index (Phi) is 4.67. The quantitative estimate of drug-likeness (QED) is 0.508. The van der Waals surface area contributed by atoms with Gasteiger partial charge in [-0.1, -0.05) is 41.5 Å². The van der Waals surface area contributed by atoms with Gasteiger partial charge in [0.05, 0.1) is 16.7 Å². The van der Waals surface area contributed by atoms with Gasteiger partial charge in [-0.05, 0) is 47.7 Å². The van der Waals surface area contributed by atoms with E-state index in [0.717, 1.165) is 21.6 Å². The zero-order chi connectivity index (χ0) is 17.6. The average molecular weight is 360 g/mol. The van der Waals surface area contributed by atoms with Crippen LogP contribution in [0.4, 0.5) is 0 Å². The predicted octanol–water partition coefficient (Wildman–Crippen LogP) is 6.72. The fourth-order valence-electron chi connectivity index (χ4n) is 2.95. The summed E-state index contributed by atoms with van der Waals surface area (Å²) < 4.78 is 0.664. The first-order valence-electron chi connectivity index (χ1n) is 8.54. The number of aromatic nitrogens is 3. The Morgan fingerprint density at radius 2 is 1.67 bits per heavy atom. The fraction of sp³-hybridized carbons (Fsp3) is 0.474. The molecule has 0 unspecified atom stereocenters. The molecule has 3 rings (SSSR count). The first-order chi connectivity index (χ1) is 11.3. The van der Waals surface area contributed by atoms with Gasteiger partial charge in [-0.25, -0.2) is 4.98 Å². The van der Waals surface area contributed by atoms with E-state index in [9.17, 15) is 0 Å². The van der Waals surface area contributed by atoms with Gasteiger partial charge in [0, 0.05) is 10.4 Å². The second-order valence-electron chi connectivity index (χ2n) is 7.30. The number of fused-ring (bicyclic) bond motifs is 1. The summed E-state index contributed by atoms with van der Waals surface area (Å²) in [6.07, 6.45) is 0. The molecule has 5 heteroatoms. The van der Waals surface area contributed by atoms with Crippen LogP contribution in [0.15, 0.2) is 12.1 Å². The minimum Gasteiger partial charge on any atom is -0.331 e. The molecule has 0 saturated carbocycles. The van der Waals surface area contributed by atoms with Gasteiger partial charge < -0.3 is 9.97 Å². The lowest BCUT2D eigenvalue weighted by Gasteiger charge is -2.08. The van der Waals surface area contributed by atoms with E-state index in [4.69, 9.17) is 17.2 Å². The minimum atomic E-state index is 0.431. The van der Waals surface area contributed by atoms with E-state index in [2.05, 4.69) is 63.6 Å². The molecule has 0 aliphatic carbocycles. The standard InChI is InChI=1S/C19H25N3S2/c1-9(2)12-7-13(16-14(8-12)20-19(23)22-16)18-21-15(10(3)4)17(24-18)11(5)6/h7-11H,1-6H3,(H2,20,22,23). The Morgan fingerprint density at radius 1 is 0.958 bits per heavy atom. The molecule has 0 bridgehead atoms. The van der Waals surface area contributed by atoms with Crippen molar-refractivity contribution >= 4 is 34.6 Å². The third-order valence-electron chi connectivity index (χ3n) is 4.30. The Morgan fingerprint density at radius 3 is 2.21 bits per heavy atom. The molecular weight excluding hydrogens is 334 g/mol. The van der Waals surface area contributed by atoms with Crippen LogP contribution in [0.1, 0.15) is 75.4 Å². The monoisotopic (exact) mass is 359 g/mol. The van der Waals surface area contributed by atoms with E-state index in [-0.39, 0.29) is 0 Å². The highest BCUT2D eigenvalue weighted by molar-refractivity contribution is 7.71. The molecule has 24 heavy (non-hydrogen) atoms. The van der Waals surface area contributed by atoms with Crippen LogP contribution in [0.2, 0.25) is 0 Å². The van der Waals surface area contributed by atoms with Gasteiger partial charge in [-0.2, -0.15) is 0 Å². The number of rotatable bonds is 4. The maximum absolute atomic E-state index is 5.32. The van der Waals surface area contributed by atoms with Crippen LogP contribution in [0, 0.1) is 4.77 Å². The number of nitrogens with zero attached hydrogens (tertiary/aromatic N) is 1. The summed E-state index contributed by atoms with van der Waals surface area (Å²) in [6.45, 7) is 13.4. The Hall–Kier alpha value is -1.46. The molecule has 3 nitrogen and oxygen atoms in total. The van der Waals surface area contributed by atoms with Gasteiger partial charge in [0.15, 0.2) is 4.77 Å². The van der Waals surface area contributed by atoms with Crippen molar-refractivity contribution in [1.82, 2.24) is 15.0 Å². The number of benzene rings is 1. The largest absolute Gasteiger partial charge is 0.331 e. The number of nitrogens with one attached hydrogen (secondary N) is 2. The van der Waals surface area contributed by atoms with Gasteiger partial charge in [0.1, 0.15) is 5.01 Å². The number of imidazole rings is 1.